The highest BCUT2D eigenvalue weighted by molar-refractivity contribution is 5.78. The molecule has 172 valence electrons. The van der Waals surface area contributed by atoms with E-state index in [4.69, 9.17) is 0 Å². The van der Waals surface area contributed by atoms with Crippen molar-refractivity contribution in [1.29, 1.82) is 0 Å². The number of carbonyl (C=O) groups is 2. The fraction of sp³-hybridized carbons (Fsp3) is 0.462. The third-order valence-corrected chi connectivity index (χ3v) is 5.81. The summed E-state index contributed by atoms with van der Waals surface area (Å²) in [6.45, 7) is 9.49. The second kappa shape index (κ2) is 12.4. The molecule has 2 aromatic rings. The Balaban J connectivity index is 1.44. The van der Waals surface area contributed by atoms with Crippen molar-refractivity contribution in [1.82, 2.24) is 20.4 Å². The van der Waals surface area contributed by atoms with Crippen molar-refractivity contribution >= 4 is 11.8 Å². The van der Waals surface area contributed by atoms with Crippen LogP contribution >= 0.6 is 0 Å². The van der Waals surface area contributed by atoms with E-state index in [1.165, 1.54) is 11.1 Å². The molecule has 0 spiro atoms. The molecular formula is C26H36N4O2. The summed E-state index contributed by atoms with van der Waals surface area (Å²) >= 11 is 0. The topological polar surface area (TPSA) is 64.7 Å². The van der Waals surface area contributed by atoms with E-state index in [0.29, 0.717) is 32.1 Å². The quantitative estimate of drug-likeness (QED) is 0.600. The first kappa shape index (κ1) is 24.0. The molecule has 0 atom stereocenters. The van der Waals surface area contributed by atoms with Crippen molar-refractivity contribution in [3.8, 4) is 0 Å². The molecule has 6 nitrogen and oxygen atoms in total. The lowest BCUT2D eigenvalue weighted by molar-refractivity contribution is -0.125. The van der Waals surface area contributed by atoms with Gasteiger partial charge in [0.2, 0.25) is 11.8 Å². The number of rotatable bonds is 10. The van der Waals surface area contributed by atoms with Crippen molar-refractivity contribution < 1.29 is 9.59 Å². The van der Waals surface area contributed by atoms with Crippen LogP contribution in [0, 0.1) is 5.92 Å². The summed E-state index contributed by atoms with van der Waals surface area (Å²) in [6, 6.07) is 20.6. The van der Waals surface area contributed by atoms with E-state index >= 15 is 0 Å². The summed E-state index contributed by atoms with van der Waals surface area (Å²) in [5.74, 6) is 0.711. The molecule has 3 rings (SSSR count). The molecule has 0 unspecified atom stereocenters. The van der Waals surface area contributed by atoms with Crippen molar-refractivity contribution in [2.75, 3.05) is 52.4 Å². The van der Waals surface area contributed by atoms with E-state index in [2.05, 4.69) is 58.5 Å². The van der Waals surface area contributed by atoms with Crippen LogP contribution in [-0.4, -0.2) is 74.0 Å². The van der Waals surface area contributed by atoms with Gasteiger partial charge in [-0.25, -0.2) is 0 Å². The zero-order valence-corrected chi connectivity index (χ0v) is 19.3. The number of nitrogens with one attached hydrogen (secondary N) is 2. The van der Waals surface area contributed by atoms with Gasteiger partial charge in [-0.2, -0.15) is 0 Å². The molecule has 0 aromatic heterocycles. The third-order valence-electron chi connectivity index (χ3n) is 5.81. The van der Waals surface area contributed by atoms with Gasteiger partial charge in [-0.05, 0) is 17.0 Å². The van der Waals surface area contributed by atoms with Crippen molar-refractivity contribution in [2.24, 2.45) is 5.92 Å². The fourth-order valence-corrected chi connectivity index (χ4v) is 3.96. The van der Waals surface area contributed by atoms with Gasteiger partial charge in [-0.15, -0.1) is 0 Å². The lowest BCUT2D eigenvalue weighted by Crippen LogP contribution is -2.51. The van der Waals surface area contributed by atoms with Gasteiger partial charge in [0, 0.05) is 45.2 Å². The highest BCUT2D eigenvalue weighted by atomic mass is 16.2. The average Bonchev–Trinajstić information content (AvgIpc) is 2.80. The Labute approximate surface area is 192 Å². The van der Waals surface area contributed by atoms with Crippen LogP contribution in [0.5, 0.6) is 0 Å². The summed E-state index contributed by atoms with van der Waals surface area (Å²) in [5.41, 5.74) is 2.40. The molecule has 1 fully saturated rings. The minimum atomic E-state index is 0.0463. The number of carbonyl (C=O) groups excluding carboxylic acids is 2. The van der Waals surface area contributed by atoms with Crippen LogP contribution in [0.1, 0.15) is 30.9 Å². The van der Waals surface area contributed by atoms with E-state index in [1.54, 1.807) is 0 Å². The van der Waals surface area contributed by atoms with Gasteiger partial charge in [0.25, 0.3) is 0 Å². The molecule has 1 aliphatic heterocycles. The fourth-order valence-electron chi connectivity index (χ4n) is 3.96. The summed E-state index contributed by atoms with van der Waals surface area (Å²) in [4.78, 5) is 29.0. The Bertz CT molecular complexity index is 794. The summed E-state index contributed by atoms with van der Waals surface area (Å²) in [5, 5.41) is 6.11. The Morgan fingerprint density at radius 1 is 0.719 bits per heavy atom. The maximum Gasteiger partial charge on any atom is 0.234 e. The van der Waals surface area contributed by atoms with Gasteiger partial charge in [0.05, 0.1) is 13.1 Å². The van der Waals surface area contributed by atoms with Gasteiger partial charge < -0.3 is 10.6 Å². The summed E-state index contributed by atoms with van der Waals surface area (Å²) in [6.07, 6.45) is 0. The van der Waals surface area contributed by atoms with Gasteiger partial charge in [-0.3, -0.25) is 19.4 Å². The minimum Gasteiger partial charge on any atom is -0.355 e. The molecule has 1 saturated heterocycles. The average molecular weight is 437 g/mol. The molecule has 2 N–H and O–H groups in total. The Morgan fingerprint density at radius 3 is 1.53 bits per heavy atom. The van der Waals surface area contributed by atoms with Crippen LogP contribution in [-0.2, 0) is 9.59 Å². The zero-order chi connectivity index (χ0) is 22.8. The number of amides is 2. The van der Waals surface area contributed by atoms with E-state index in [-0.39, 0.29) is 17.7 Å². The lowest BCUT2D eigenvalue weighted by atomic mass is 9.91. The number of hydrogen-bond donors (Lipinski definition) is 2. The van der Waals surface area contributed by atoms with E-state index in [1.807, 2.05) is 36.4 Å². The number of hydrogen-bond acceptors (Lipinski definition) is 4. The summed E-state index contributed by atoms with van der Waals surface area (Å²) in [7, 11) is 0. The first-order valence-corrected chi connectivity index (χ1v) is 11.6. The predicted octanol–water partition coefficient (Wildman–Crippen LogP) is 2.32. The van der Waals surface area contributed by atoms with Crippen LogP contribution in [0.15, 0.2) is 60.7 Å². The highest BCUT2D eigenvalue weighted by Gasteiger charge is 2.21. The first-order chi connectivity index (χ1) is 15.5. The van der Waals surface area contributed by atoms with Crippen LogP contribution < -0.4 is 10.6 Å². The number of benzene rings is 2. The Morgan fingerprint density at radius 2 is 1.12 bits per heavy atom. The molecular weight excluding hydrogens is 400 g/mol. The molecule has 2 amide bonds. The third kappa shape index (κ3) is 7.77. The number of piperazine rings is 1. The van der Waals surface area contributed by atoms with Crippen LogP contribution in [0.4, 0.5) is 0 Å². The number of nitrogens with zero attached hydrogens (tertiary/aromatic N) is 2. The normalized spacial score (nSPS) is 15.1. The van der Waals surface area contributed by atoms with Crippen LogP contribution in [0.3, 0.4) is 0 Å². The molecule has 0 saturated carbocycles. The van der Waals surface area contributed by atoms with E-state index in [9.17, 15) is 9.59 Å². The van der Waals surface area contributed by atoms with Crippen molar-refractivity contribution in [3.05, 3.63) is 71.8 Å². The highest BCUT2D eigenvalue weighted by Crippen LogP contribution is 2.23. The molecule has 6 heteroatoms. The molecule has 1 aliphatic rings. The lowest BCUT2D eigenvalue weighted by Gasteiger charge is -2.34. The van der Waals surface area contributed by atoms with Crippen LogP contribution in [0.25, 0.3) is 0 Å². The zero-order valence-electron chi connectivity index (χ0n) is 19.3. The molecule has 32 heavy (non-hydrogen) atoms. The molecule has 0 radical (unpaired) electrons. The van der Waals surface area contributed by atoms with Gasteiger partial charge in [0.1, 0.15) is 0 Å². The second-order valence-electron chi connectivity index (χ2n) is 8.93. The smallest absolute Gasteiger partial charge is 0.234 e. The Hall–Kier alpha value is -2.70. The molecule has 0 bridgehead atoms. The van der Waals surface area contributed by atoms with E-state index in [0.717, 1.165) is 26.2 Å². The second-order valence-corrected chi connectivity index (χ2v) is 8.93. The van der Waals surface area contributed by atoms with Gasteiger partial charge in [-0.1, -0.05) is 74.5 Å². The maximum atomic E-state index is 12.7. The standard InChI is InChI=1S/C26H36N4O2/c1-21(2)17-27-25(31)19-29-13-15-30(16-14-29)20-26(32)28-18-24(22-9-5-3-6-10-22)23-11-7-4-8-12-23/h3-12,21,24H,13-20H2,1-2H3,(H,27,31)(H,28,32). The van der Waals surface area contributed by atoms with Gasteiger partial charge in [0.15, 0.2) is 0 Å². The van der Waals surface area contributed by atoms with Crippen molar-refractivity contribution in [2.45, 2.75) is 19.8 Å². The molecule has 0 aliphatic carbocycles. The van der Waals surface area contributed by atoms with E-state index < -0.39 is 0 Å². The van der Waals surface area contributed by atoms with Gasteiger partial charge >= 0.3 is 0 Å². The maximum absolute atomic E-state index is 12.7. The largest absolute Gasteiger partial charge is 0.355 e. The molecule has 2 aromatic carbocycles. The SMILES string of the molecule is CC(C)CNC(=O)CN1CCN(CC(=O)NCC(c2ccccc2)c2ccccc2)CC1. The predicted molar refractivity (Wildman–Crippen MR) is 128 cm³/mol. The molecule has 1 heterocycles. The van der Waals surface area contributed by atoms with Crippen molar-refractivity contribution in [3.63, 3.8) is 0 Å². The Kier molecular flexibility index (Phi) is 9.26. The summed E-state index contributed by atoms with van der Waals surface area (Å²) < 4.78 is 0. The first-order valence-electron chi connectivity index (χ1n) is 11.6. The minimum absolute atomic E-state index is 0.0463. The van der Waals surface area contributed by atoms with Crippen LogP contribution in [0.2, 0.25) is 0 Å². The monoisotopic (exact) mass is 436 g/mol.